The average molecular weight is 437 g/mol. The van der Waals surface area contributed by atoms with Gasteiger partial charge in [-0.25, -0.2) is 9.37 Å². The van der Waals surface area contributed by atoms with Crippen LogP contribution in [-0.2, 0) is 9.53 Å². The summed E-state index contributed by atoms with van der Waals surface area (Å²) in [5, 5.41) is 7.71. The topological polar surface area (TPSA) is 68.5 Å². The molecule has 3 rings (SSSR count). The molecule has 0 bridgehead atoms. The normalized spacial score (nSPS) is 10.2. The number of ether oxygens (including phenoxy) is 1. The molecule has 0 fully saturated rings. The highest BCUT2D eigenvalue weighted by Crippen LogP contribution is 2.27. The number of hydrogen-bond donors (Lipinski definition) is 1. The van der Waals surface area contributed by atoms with Crippen molar-refractivity contribution in [1.29, 1.82) is 0 Å². The molecular formula is C19H22BrFN4O2. The third kappa shape index (κ3) is 5.50. The molecular weight excluding hydrogens is 415 g/mol. The Bertz CT molecular complexity index is 885. The van der Waals surface area contributed by atoms with Crippen LogP contribution in [0.4, 0.5) is 10.2 Å². The Kier molecular flexibility index (Phi) is 8.19. The molecule has 0 radical (unpaired) electrons. The first-order valence-corrected chi connectivity index (χ1v) is 9.41. The number of nitrogens with zero attached hydrogens (tertiary/aromatic N) is 3. The van der Waals surface area contributed by atoms with Crippen molar-refractivity contribution < 1.29 is 13.9 Å². The number of anilines is 1. The molecule has 0 aliphatic rings. The maximum atomic E-state index is 14.1. The van der Waals surface area contributed by atoms with Gasteiger partial charge < -0.3 is 10.1 Å². The number of aromatic nitrogens is 3. The fourth-order valence-corrected chi connectivity index (χ4v) is 2.81. The van der Waals surface area contributed by atoms with Gasteiger partial charge in [0.25, 0.3) is 6.47 Å². The number of methoxy groups -OCH3 is 1. The third-order valence-corrected chi connectivity index (χ3v) is 4.32. The van der Waals surface area contributed by atoms with Gasteiger partial charge in [0.2, 0.25) is 0 Å². The molecule has 0 aliphatic carbocycles. The van der Waals surface area contributed by atoms with Gasteiger partial charge in [0.15, 0.2) is 5.65 Å². The van der Waals surface area contributed by atoms with Gasteiger partial charge in [0, 0.05) is 18.2 Å². The predicted octanol–water partition coefficient (Wildman–Crippen LogP) is 4.69. The number of fused-ring (bicyclic) bond motifs is 1. The fraction of sp³-hybridized carbons (Fsp3) is 0.316. The molecule has 0 saturated heterocycles. The van der Waals surface area contributed by atoms with Crippen LogP contribution in [0.25, 0.3) is 16.9 Å². The number of unbranched alkanes of at least 4 members (excludes halogenated alkanes) is 2. The Morgan fingerprint density at radius 1 is 1.33 bits per heavy atom. The van der Waals surface area contributed by atoms with Crippen molar-refractivity contribution in [3.05, 3.63) is 46.8 Å². The number of rotatable bonds is 7. The summed E-state index contributed by atoms with van der Waals surface area (Å²) in [5.41, 5.74) is 1.75. The Balaban J connectivity index is 0.000000596. The van der Waals surface area contributed by atoms with Crippen molar-refractivity contribution in [3.63, 3.8) is 0 Å². The van der Waals surface area contributed by atoms with E-state index in [0.29, 0.717) is 23.4 Å². The second-order valence-corrected chi connectivity index (χ2v) is 6.55. The van der Waals surface area contributed by atoms with Crippen LogP contribution in [0, 0.1) is 5.82 Å². The highest BCUT2D eigenvalue weighted by atomic mass is 79.9. The van der Waals surface area contributed by atoms with Crippen molar-refractivity contribution in [3.8, 4) is 11.3 Å². The summed E-state index contributed by atoms with van der Waals surface area (Å²) in [6.45, 7) is 3.40. The molecule has 2 heterocycles. The molecule has 2 aromatic heterocycles. The lowest BCUT2D eigenvalue weighted by atomic mass is 10.1. The van der Waals surface area contributed by atoms with Crippen LogP contribution in [0.2, 0.25) is 0 Å². The molecule has 0 spiro atoms. The number of carbonyl (C=O) groups is 1. The van der Waals surface area contributed by atoms with Gasteiger partial charge in [-0.2, -0.15) is 9.61 Å². The summed E-state index contributed by atoms with van der Waals surface area (Å²) >= 11 is 3.45. The van der Waals surface area contributed by atoms with Gasteiger partial charge in [-0.15, -0.1) is 0 Å². The van der Waals surface area contributed by atoms with E-state index in [9.17, 15) is 4.39 Å². The molecule has 27 heavy (non-hydrogen) atoms. The first-order valence-electron chi connectivity index (χ1n) is 8.61. The standard InChI is InChI=1S/C17H18BrFN4.C2H4O2/c1-2-3-6-9-20-16-10-15(12-7-4-5-8-14(12)19)22-17-13(18)11-21-23(16)17;1-4-2-3/h4-5,7-8,10-11,20H,2-3,6,9H2,1H3;2H,1H3. The molecule has 1 aromatic carbocycles. The summed E-state index contributed by atoms with van der Waals surface area (Å²) in [5.74, 6) is 0.534. The minimum absolute atomic E-state index is 0.281. The number of nitrogens with one attached hydrogen (secondary N) is 1. The Hall–Kier alpha value is -2.48. The van der Waals surface area contributed by atoms with E-state index in [0.717, 1.165) is 23.3 Å². The number of hydrogen-bond acceptors (Lipinski definition) is 5. The molecule has 1 N–H and O–H groups in total. The average Bonchev–Trinajstić information content (AvgIpc) is 3.07. The minimum atomic E-state index is -0.281. The summed E-state index contributed by atoms with van der Waals surface area (Å²) in [6.07, 6.45) is 5.12. The first-order chi connectivity index (χ1) is 13.1. The van der Waals surface area contributed by atoms with E-state index >= 15 is 0 Å². The SMILES string of the molecule is CCCCCNc1cc(-c2ccccc2F)nc2c(Br)cnn12.COC=O. The van der Waals surface area contributed by atoms with E-state index < -0.39 is 0 Å². The van der Waals surface area contributed by atoms with Gasteiger partial charge in [-0.05, 0) is 34.5 Å². The monoisotopic (exact) mass is 436 g/mol. The minimum Gasteiger partial charge on any atom is -0.471 e. The lowest BCUT2D eigenvalue weighted by Gasteiger charge is -2.11. The zero-order valence-electron chi connectivity index (χ0n) is 15.3. The van der Waals surface area contributed by atoms with E-state index in [4.69, 9.17) is 4.79 Å². The smallest absolute Gasteiger partial charge is 0.292 e. The summed E-state index contributed by atoms with van der Waals surface area (Å²) in [4.78, 5) is 13.5. The third-order valence-electron chi connectivity index (χ3n) is 3.76. The van der Waals surface area contributed by atoms with Crippen LogP contribution in [-0.4, -0.2) is 34.7 Å². The maximum Gasteiger partial charge on any atom is 0.292 e. The van der Waals surface area contributed by atoms with Crippen molar-refractivity contribution >= 4 is 33.9 Å². The number of carbonyl (C=O) groups excluding carboxylic acids is 1. The largest absolute Gasteiger partial charge is 0.471 e. The highest BCUT2D eigenvalue weighted by Gasteiger charge is 2.13. The van der Waals surface area contributed by atoms with Gasteiger partial charge >= 0.3 is 0 Å². The second-order valence-electron chi connectivity index (χ2n) is 5.70. The molecule has 8 heteroatoms. The van der Waals surface area contributed by atoms with Crippen molar-refractivity contribution in [2.45, 2.75) is 26.2 Å². The summed E-state index contributed by atoms with van der Waals surface area (Å²) in [6, 6.07) is 8.51. The molecule has 0 unspecified atom stereocenters. The van der Waals surface area contributed by atoms with Gasteiger partial charge in [0.05, 0.1) is 23.5 Å². The summed E-state index contributed by atoms with van der Waals surface area (Å²) < 4.78 is 20.5. The summed E-state index contributed by atoms with van der Waals surface area (Å²) in [7, 11) is 1.31. The predicted molar refractivity (Wildman–Crippen MR) is 107 cm³/mol. The fourth-order valence-electron chi connectivity index (χ4n) is 2.46. The van der Waals surface area contributed by atoms with Crippen molar-refractivity contribution in [2.24, 2.45) is 0 Å². The lowest BCUT2D eigenvalue weighted by molar-refractivity contribution is -0.126. The molecule has 3 aromatic rings. The van der Waals surface area contributed by atoms with Gasteiger partial charge in [0.1, 0.15) is 11.6 Å². The van der Waals surface area contributed by atoms with E-state index in [1.165, 1.54) is 26.0 Å². The molecule has 0 saturated carbocycles. The van der Waals surface area contributed by atoms with E-state index in [-0.39, 0.29) is 5.82 Å². The Labute approximate surface area is 165 Å². The van der Waals surface area contributed by atoms with E-state index in [1.54, 1.807) is 22.8 Å². The van der Waals surface area contributed by atoms with Crippen LogP contribution in [0.5, 0.6) is 0 Å². The van der Waals surface area contributed by atoms with Crippen LogP contribution < -0.4 is 5.32 Å². The highest BCUT2D eigenvalue weighted by molar-refractivity contribution is 9.10. The zero-order chi connectivity index (χ0) is 19.6. The van der Waals surface area contributed by atoms with Crippen molar-refractivity contribution in [1.82, 2.24) is 14.6 Å². The molecule has 0 amide bonds. The van der Waals surface area contributed by atoms with Crippen LogP contribution >= 0.6 is 15.9 Å². The Morgan fingerprint density at radius 2 is 2.07 bits per heavy atom. The zero-order valence-corrected chi connectivity index (χ0v) is 16.9. The maximum absolute atomic E-state index is 14.1. The molecule has 144 valence electrons. The quantitative estimate of drug-likeness (QED) is 0.429. The Morgan fingerprint density at radius 3 is 2.74 bits per heavy atom. The van der Waals surface area contributed by atoms with E-state index in [2.05, 4.69) is 43.0 Å². The number of benzene rings is 1. The lowest BCUT2D eigenvalue weighted by Crippen LogP contribution is -2.08. The van der Waals surface area contributed by atoms with Crippen molar-refractivity contribution in [2.75, 3.05) is 19.0 Å². The first kappa shape index (κ1) is 20.8. The second kappa shape index (κ2) is 10.6. The molecule has 6 nitrogen and oxygen atoms in total. The van der Waals surface area contributed by atoms with Gasteiger partial charge in [-0.3, -0.25) is 4.79 Å². The molecule has 0 atom stereocenters. The molecule has 0 aliphatic heterocycles. The van der Waals surface area contributed by atoms with Crippen LogP contribution in [0.15, 0.2) is 41.0 Å². The van der Waals surface area contributed by atoms with Crippen LogP contribution in [0.3, 0.4) is 0 Å². The van der Waals surface area contributed by atoms with E-state index in [1.807, 2.05) is 12.1 Å². The van der Waals surface area contributed by atoms with Gasteiger partial charge in [-0.1, -0.05) is 31.9 Å². The number of halogens is 2. The van der Waals surface area contributed by atoms with Crippen LogP contribution in [0.1, 0.15) is 26.2 Å².